The Morgan fingerprint density at radius 3 is 2.67 bits per heavy atom. The predicted octanol–water partition coefficient (Wildman–Crippen LogP) is 4.96. The van der Waals surface area contributed by atoms with Crippen LogP contribution < -0.4 is 0 Å². The van der Waals surface area contributed by atoms with Crippen LogP contribution in [0.4, 0.5) is 4.39 Å². The molecule has 1 aliphatic carbocycles. The van der Waals surface area contributed by atoms with Crippen molar-refractivity contribution in [3.63, 3.8) is 0 Å². The Morgan fingerprint density at radius 1 is 1.18 bits per heavy atom. The lowest BCUT2D eigenvalue weighted by molar-refractivity contribution is -0.578. The van der Waals surface area contributed by atoms with E-state index in [2.05, 4.69) is 13.8 Å². The molecule has 4 heterocycles. The second-order valence-corrected chi connectivity index (χ2v) is 10.4. The number of carboxylic acids is 1. The number of carbonyl (C=O) groups is 1. The normalized spacial score (nSPS) is 42.9. The molecule has 5 fully saturated rings. The first-order valence-corrected chi connectivity index (χ1v) is 12.0. The van der Waals surface area contributed by atoms with E-state index in [1.54, 1.807) is 12.1 Å². The molecule has 1 N–H and O–H groups in total. The summed E-state index contributed by atoms with van der Waals surface area (Å²) < 4.78 is 32.8. The van der Waals surface area contributed by atoms with E-state index in [0.717, 1.165) is 31.2 Å². The van der Waals surface area contributed by atoms with E-state index in [-0.39, 0.29) is 36.4 Å². The molecule has 33 heavy (non-hydrogen) atoms. The molecule has 1 spiro atoms. The van der Waals surface area contributed by atoms with Gasteiger partial charge in [0.1, 0.15) is 5.82 Å². The van der Waals surface area contributed by atoms with Gasteiger partial charge in [-0.2, -0.15) is 0 Å². The largest absolute Gasteiger partial charge is 0.481 e. The van der Waals surface area contributed by atoms with Crippen LogP contribution in [0.25, 0.3) is 0 Å². The Balaban J connectivity index is 1.43. The Morgan fingerprint density at radius 2 is 1.94 bits per heavy atom. The van der Waals surface area contributed by atoms with Crippen LogP contribution in [0.3, 0.4) is 0 Å². The molecule has 0 aromatic heterocycles. The molecule has 4 saturated heterocycles. The van der Waals surface area contributed by atoms with Gasteiger partial charge in [-0.1, -0.05) is 26.0 Å². The van der Waals surface area contributed by atoms with Gasteiger partial charge in [0.15, 0.2) is 18.2 Å². The second-order valence-electron chi connectivity index (χ2n) is 10.4. The molecule has 0 amide bonds. The summed E-state index contributed by atoms with van der Waals surface area (Å²) in [4.78, 5) is 23.3. The number of rotatable bonds is 6. The van der Waals surface area contributed by atoms with E-state index in [1.165, 1.54) is 12.1 Å². The number of aliphatic carboxylic acids is 1. The van der Waals surface area contributed by atoms with Crippen LogP contribution in [0, 0.1) is 29.5 Å². The number of hydrogen-bond donors (Lipinski definition) is 1. The summed E-state index contributed by atoms with van der Waals surface area (Å²) in [6.07, 6.45) is 2.10. The maximum Gasteiger partial charge on any atom is 0.303 e. The van der Waals surface area contributed by atoms with Gasteiger partial charge in [0.05, 0.1) is 6.10 Å². The van der Waals surface area contributed by atoms with Crippen LogP contribution in [0.2, 0.25) is 0 Å². The van der Waals surface area contributed by atoms with E-state index >= 15 is 0 Å². The molecule has 1 aromatic rings. The molecule has 1 saturated carbocycles. The van der Waals surface area contributed by atoms with Crippen molar-refractivity contribution in [1.82, 2.24) is 0 Å². The zero-order chi connectivity index (χ0) is 23.4. The fourth-order valence-electron chi connectivity index (χ4n) is 6.43. The summed E-state index contributed by atoms with van der Waals surface area (Å²) in [6.45, 7) is 6.23. The monoisotopic (exact) mass is 464 g/mol. The summed E-state index contributed by atoms with van der Waals surface area (Å²) in [7, 11) is 0. The molecule has 4 aliphatic heterocycles. The molecule has 5 aliphatic rings. The zero-order valence-corrected chi connectivity index (χ0v) is 19.4. The van der Waals surface area contributed by atoms with Gasteiger partial charge >= 0.3 is 5.97 Å². The minimum absolute atomic E-state index is 0.0290. The highest BCUT2D eigenvalue weighted by atomic mass is 19.1. The standard InChI is InChI=1S/C25H33FO7/c1-14-4-9-19-15(2)22(29-20(10-11-21(27)28)16-5-7-17(26)8-6-16)30-23-25(19)18(14)12-13-24(3,31-23)32-33-25/h5-8,14-15,18-20,22-23H,4,9-13H2,1-3H3,(H,27,28)/t14-,15-,18+,19?,20+,22+,23-,24+,25-/m1/s1. The third-order valence-corrected chi connectivity index (χ3v) is 8.26. The van der Waals surface area contributed by atoms with Gasteiger partial charge in [-0.05, 0) is 62.1 Å². The molecule has 1 aromatic carbocycles. The Hall–Kier alpha value is -1.58. The molecule has 7 nitrogen and oxygen atoms in total. The van der Waals surface area contributed by atoms with Crippen LogP contribution in [-0.4, -0.2) is 35.0 Å². The number of halogens is 1. The van der Waals surface area contributed by atoms with Crippen molar-refractivity contribution < 1.29 is 38.3 Å². The van der Waals surface area contributed by atoms with Crippen molar-refractivity contribution in [3.8, 4) is 0 Å². The first-order valence-electron chi connectivity index (χ1n) is 12.0. The molecular weight excluding hydrogens is 431 g/mol. The number of benzene rings is 1. The van der Waals surface area contributed by atoms with E-state index < -0.39 is 36.0 Å². The zero-order valence-electron chi connectivity index (χ0n) is 19.4. The highest BCUT2D eigenvalue weighted by molar-refractivity contribution is 5.66. The predicted molar refractivity (Wildman–Crippen MR) is 114 cm³/mol. The van der Waals surface area contributed by atoms with Crippen molar-refractivity contribution in [2.24, 2.45) is 23.7 Å². The fourth-order valence-corrected chi connectivity index (χ4v) is 6.43. The lowest BCUT2D eigenvalue weighted by atomic mass is 9.58. The molecule has 2 bridgehead atoms. The Kier molecular flexibility index (Phi) is 6.02. The van der Waals surface area contributed by atoms with Crippen molar-refractivity contribution in [3.05, 3.63) is 35.6 Å². The number of hydrogen-bond acceptors (Lipinski definition) is 6. The van der Waals surface area contributed by atoms with E-state index in [1.807, 2.05) is 6.92 Å². The molecule has 0 radical (unpaired) electrons. The van der Waals surface area contributed by atoms with Crippen LogP contribution in [0.1, 0.15) is 71.0 Å². The van der Waals surface area contributed by atoms with Gasteiger partial charge in [-0.15, -0.1) is 0 Å². The summed E-state index contributed by atoms with van der Waals surface area (Å²) in [5, 5.41) is 9.24. The van der Waals surface area contributed by atoms with Crippen LogP contribution in [0.5, 0.6) is 0 Å². The minimum atomic E-state index is -0.908. The van der Waals surface area contributed by atoms with E-state index in [4.69, 9.17) is 24.0 Å². The average molecular weight is 465 g/mol. The van der Waals surface area contributed by atoms with Crippen molar-refractivity contribution >= 4 is 5.97 Å². The van der Waals surface area contributed by atoms with Crippen molar-refractivity contribution in [2.75, 3.05) is 0 Å². The maximum absolute atomic E-state index is 13.5. The molecule has 6 rings (SSSR count). The highest BCUT2D eigenvalue weighted by Crippen LogP contribution is 2.60. The number of carboxylic acid groups (broad SMARTS) is 1. The smallest absolute Gasteiger partial charge is 0.303 e. The maximum atomic E-state index is 13.5. The quantitative estimate of drug-likeness (QED) is 0.596. The molecule has 1 unspecified atom stereocenters. The minimum Gasteiger partial charge on any atom is -0.481 e. The van der Waals surface area contributed by atoms with Gasteiger partial charge in [0, 0.05) is 24.7 Å². The van der Waals surface area contributed by atoms with Crippen molar-refractivity contribution in [1.29, 1.82) is 0 Å². The lowest BCUT2D eigenvalue weighted by Gasteiger charge is -2.60. The topological polar surface area (TPSA) is 83.5 Å². The number of ether oxygens (including phenoxy) is 3. The van der Waals surface area contributed by atoms with E-state index in [0.29, 0.717) is 5.92 Å². The summed E-state index contributed by atoms with van der Waals surface area (Å²) >= 11 is 0. The molecule has 8 heteroatoms. The van der Waals surface area contributed by atoms with Gasteiger partial charge in [0.2, 0.25) is 5.79 Å². The third-order valence-electron chi connectivity index (χ3n) is 8.26. The van der Waals surface area contributed by atoms with E-state index in [9.17, 15) is 14.3 Å². The average Bonchev–Trinajstić information content (AvgIpc) is 3.01. The highest BCUT2D eigenvalue weighted by Gasteiger charge is 2.69. The lowest BCUT2D eigenvalue weighted by Crippen LogP contribution is -2.70. The second kappa shape index (κ2) is 8.57. The molecule has 9 atom stereocenters. The van der Waals surface area contributed by atoms with Gasteiger partial charge in [-0.25, -0.2) is 14.2 Å². The summed E-state index contributed by atoms with van der Waals surface area (Å²) in [5.41, 5.74) is 0.0399. The molecule has 182 valence electrons. The Labute approximate surface area is 193 Å². The van der Waals surface area contributed by atoms with Gasteiger partial charge in [0.25, 0.3) is 0 Å². The van der Waals surface area contributed by atoms with Gasteiger partial charge < -0.3 is 19.3 Å². The van der Waals surface area contributed by atoms with Gasteiger partial charge in [-0.3, -0.25) is 4.79 Å². The summed E-state index contributed by atoms with van der Waals surface area (Å²) in [6, 6.07) is 5.99. The summed E-state index contributed by atoms with van der Waals surface area (Å²) in [5.74, 6) is -1.33. The van der Waals surface area contributed by atoms with Crippen LogP contribution >= 0.6 is 0 Å². The first kappa shape index (κ1) is 23.2. The first-order chi connectivity index (χ1) is 15.7. The third kappa shape index (κ3) is 4.00. The SMILES string of the molecule is C[C@@H]1CCC2[C@@H](C)[C@@H](O[C@@H](CCC(=O)O)c3ccc(F)cc3)O[C@@H]3O[C@]4(C)CC[C@@H]1[C@@]23OO4. The molecular formula is C25H33FO7. The Bertz CT molecular complexity index is 878. The number of fused-ring (bicyclic) bond motifs is 2. The van der Waals surface area contributed by atoms with Crippen molar-refractivity contribution in [2.45, 2.75) is 89.4 Å². The van der Waals surface area contributed by atoms with Crippen LogP contribution in [-0.2, 0) is 28.8 Å². The van der Waals surface area contributed by atoms with Crippen LogP contribution in [0.15, 0.2) is 24.3 Å². The fraction of sp³-hybridized carbons (Fsp3) is 0.720.